The molecule has 33 heavy (non-hydrogen) atoms. The quantitative estimate of drug-likeness (QED) is 0.430. The Morgan fingerprint density at radius 2 is 1.91 bits per heavy atom. The van der Waals surface area contributed by atoms with Crippen molar-refractivity contribution in [2.75, 3.05) is 19.4 Å². The van der Waals surface area contributed by atoms with Crippen molar-refractivity contribution in [3.05, 3.63) is 71.0 Å². The van der Waals surface area contributed by atoms with Gasteiger partial charge in [-0.3, -0.25) is 14.9 Å². The molecule has 0 spiro atoms. The van der Waals surface area contributed by atoms with Crippen LogP contribution in [0.2, 0.25) is 5.02 Å². The zero-order valence-corrected chi connectivity index (χ0v) is 19.2. The maximum atomic E-state index is 12.8. The first kappa shape index (κ1) is 22.5. The largest absolute Gasteiger partial charge is 0.347 e. The molecule has 4 rings (SSSR count). The topological polar surface area (TPSA) is 97.9 Å². The van der Waals surface area contributed by atoms with Crippen molar-refractivity contribution in [1.82, 2.24) is 29.4 Å². The predicted molar refractivity (Wildman–Crippen MR) is 126 cm³/mol. The van der Waals surface area contributed by atoms with Crippen molar-refractivity contribution in [2.24, 2.45) is 0 Å². The number of nitrogens with one attached hydrogen (secondary N) is 1. The number of likely N-dealkylation sites (N-methyl/N-ethyl adjacent to an activating group) is 1. The lowest BCUT2D eigenvalue weighted by molar-refractivity contribution is -0.129. The van der Waals surface area contributed by atoms with Gasteiger partial charge in [-0.25, -0.2) is 9.67 Å². The molecule has 0 fully saturated rings. The van der Waals surface area contributed by atoms with Gasteiger partial charge < -0.3 is 9.47 Å². The molecule has 2 aromatic carbocycles. The number of hydrogen-bond donors (Lipinski definition) is 1. The number of fused-ring (bicyclic) bond motifs is 1. The van der Waals surface area contributed by atoms with Gasteiger partial charge in [-0.2, -0.15) is 0 Å². The molecule has 1 N–H and O–H groups in total. The highest BCUT2D eigenvalue weighted by atomic mass is 35.5. The number of hydrogen-bond acceptors (Lipinski definition) is 5. The number of nitrogens with zero attached hydrogens (tertiary/aromatic N) is 6. The summed E-state index contributed by atoms with van der Waals surface area (Å²) < 4.78 is 3.30. The molecular weight excluding hydrogens is 442 g/mol. The maximum Gasteiger partial charge on any atom is 0.280 e. The second-order valence-corrected chi connectivity index (χ2v) is 8.29. The highest BCUT2D eigenvalue weighted by molar-refractivity contribution is 6.31. The third kappa shape index (κ3) is 5.38. The normalized spacial score (nSPS) is 11.0. The minimum absolute atomic E-state index is 0.00375. The van der Waals surface area contributed by atoms with Crippen molar-refractivity contribution < 1.29 is 9.59 Å². The number of aromatic nitrogens is 5. The molecule has 2 heterocycles. The van der Waals surface area contributed by atoms with E-state index in [1.165, 1.54) is 21.3 Å². The first-order valence-corrected chi connectivity index (χ1v) is 10.9. The summed E-state index contributed by atoms with van der Waals surface area (Å²) in [5, 5.41) is 11.2. The van der Waals surface area contributed by atoms with Crippen LogP contribution in [-0.2, 0) is 24.3 Å². The average Bonchev–Trinajstić information content (AvgIpc) is 3.39. The lowest BCUT2D eigenvalue weighted by atomic mass is 10.1. The highest BCUT2D eigenvalue weighted by Gasteiger charge is 2.18. The van der Waals surface area contributed by atoms with Crippen molar-refractivity contribution in [2.45, 2.75) is 25.9 Å². The average molecular weight is 466 g/mol. The van der Waals surface area contributed by atoms with Crippen LogP contribution in [0, 0.1) is 0 Å². The fourth-order valence-electron chi connectivity index (χ4n) is 3.44. The first-order chi connectivity index (χ1) is 15.9. The molecule has 0 aliphatic rings. The number of benzene rings is 2. The number of carbonyl (C=O) groups is 2. The van der Waals surface area contributed by atoms with Crippen LogP contribution >= 0.6 is 11.6 Å². The number of imidazole rings is 1. The minimum atomic E-state index is -0.454. The number of rotatable bonds is 8. The Kier molecular flexibility index (Phi) is 6.69. The molecule has 2 aromatic heterocycles. The third-order valence-corrected chi connectivity index (χ3v) is 5.43. The lowest BCUT2D eigenvalue weighted by Crippen LogP contribution is -2.26. The number of anilines is 1. The third-order valence-electron chi connectivity index (χ3n) is 5.19. The second kappa shape index (κ2) is 9.83. The highest BCUT2D eigenvalue weighted by Crippen LogP contribution is 2.24. The van der Waals surface area contributed by atoms with Gasteiger partial charge in [0, 0.05) is 25.7 Å². The van der Waals surface area contributed by atoms with E-state index in [0.29, 0.717) is 23.0 Å². The monoisotopic (exact) mass is 465 g/mol. The van der Waals surface area contributed by atoms with E-state index in [-0.39, 0.29) is 18.1 Å². The standard InChI is InChI=1S/C23H24ClN7O2/c1-29(2)21(32)15-30-14-19(27-28-30)22(33)26-23-25-18-13-17(24)10-11-20(18)31(23)12-6-9-16-7-4-3-5-8-16/h3-5,7-8,10-11,13-14H,6,9,12,15H2,1-2H3,(H,25,26,33). The summed E-state index contributed by atoms with van der Waals surface area (Å²) in [5.41, 5.74) is 2.92. The lowest BCUT2D eigenvalue weighted by Gasteiger charge is -2.10. The first-order valence-electron chi connectivity index (χ1n) is 10.5. The van der Waals surface area contributed by atoms with Crippen LogP contribution in [0.25, 0.3) is 11.0 Å². The summed E-state index contributed by atoms with van der Waals surface area (Å²) in [6.45, 7) is 0.663. The zero-order chi connectivity index (χ0) is 23.4. The van der Waals surface area contributed by atoms with Crippen molar-refractivity contribution in [1.29, 1.82) is 0 Å². The molecule has 4 aromatic rings. The Morgan fingerprint density at radius 1 is 1.12 bits per heavy atom. The fraction of sp³-hybridized carbons (Fsp3) is 0.261. The van der Waals surface area contributed by atoms with E-state index < -0.39 is 5.91 Å². The van der Waals surface area contributed by atoms with Crippen LogP contribution in [0.5, 0.6) is 0 Å². The number of amides is 2. The number of halogens is 1. The van der Waals surface area contributed by atoms with Gasteiger partial charge in [-0.05, 0) is 36.6 Å². The van der Waals surface area contributed by atoms with Crippen LogP contribution in [0.3, 0.4) is 0 Å². The molecule has 170 valence electrons. The Bertz CT molecular complexity index is 1280. The molecule has 0 unspecified atom stereocenters. The van der Waals surface area contributed by atoms with Gasteiger partial charge >= 0.3 is 0 Å². The van der Waals surface area contributed by atoms with Gasteiger partial charge in [-0.1, -0.05) is 47.1 Å². The molecule has 0 bridgehead atoms. The van der Waals surface area contributed by atoms with Crippen LogP contribution < -0.4 is 5.32 Å². The summed E-state index contributed by atoms with van der Waals surface area (Å²) in [6, 6.07) is 15.7. The van der Waals surface area contributed by atoms with E-state index >= 15 is 0 Å². The van der Waals surface area contributed by atoms with E-state index in [9.17, 15) is 9.59 Å². The van der Waals surface area contributed by atoms with Crippen LogP contribution in [-0.4, -0.2) is 55.4 Å². The smallest absolute Gasteiger partial charge is 0.280 e. The molecule has 0 atom stereocenters. The Morgan fingerprint density at radius 3 is 2.67 bits per heavy atom. The molecule has 2 amide bonds. The van der Waals surface area contributed by atoms with Crippen LogP contribution in [0.4, 0.5) is 5.95 Å². The van der Waals surface area contributed by atoms with Crippen LogP contribution in [0.15, 0.2) is 54.7 Å². The number of aryl methyl sites for hydroxylation is 2. The summed E-state index contributed by atoms with van der Waals surface area (Å²) in [6.07, 6.45) is 3.20. The van der Waals surface area contributed by atoms with Gasteiger partial charge in [0.05, 0.1) is 17.2 Å². The predicted octanol–water partition coefficient (Wildman–Crippen LogP) is 3.25. The van der Waals surface area contributed by atoms with E-state index in [2.05, 4.69) is 32.7 Å². The summed E-state index contributed by atoms with van der Waals surface area (Å²) in [5.74, 6) is -0.197. The molecule has 0 saturated heterocycles. The minimum Gasteiger partial charge on any atom is -0.347 e. The Labute approximate surface area is 196 Å². The van der Waals surface area contributed by atoms with Gasteiger partial charge in [-0.15, -0.1) is 5.10 Å². The fourth-order valence-corrected chi connectivity index (χ4v) is 3.60. The maximum absolute atomic E-state index is 12.8. The zero-order valence-electron chi connectivity index (χ0n) is 18.4. The van der Waals surface area contributed by atoms with Gasteiger partial charge in [0.2, 0.25) is 11.9 Å². The molecule has 9 nitrogen and oxygen atoms in total. The Balaban J connectivity index is 1.52. The van der Waals surface area contributed by atoms with Crippen LogP contribution in [0.1, 0.15) is 22.5 Å². The van der Waals surface area contributed by atoms with E-state index in [1.807, 2.05) is 28.8 Å². The van der Waals surface area contributed by atoms with Crippen molar-refractivity contribution in [3.8, 4) is 0 Å². The van der Waals surface area contributed by atoms with E-state index in [1.54, 1.807) is 26.2 Å². The molecule has 0 aliphatic heterocycles. The van der Waals surface area contributed by atoms with Gasteiger partial charge in [0.15, 0.2) is 5.69 Å². The van der Waals surface area contributed by atoms with E-state index in [4.69, 9.17) is 11.6 Å². The summed E-state index contributed by atoms with van der Waals surface area (Å²) in [4.78, 5) is 30.7. The summed E-state index contributed by atoms with van der Waals surface area (Å²) in [7, 11) is 3.31. The molecule has 10 heteroatoms. The SMILES string of the molecule is CN(C)C(=O)Cn1cc(C(=O)Nc2nc3cc(Cl)ccc3n2CCCc2ccccc2)nn1. The molecule has 0 saturated carbocycles. The van der Waals surface area contributed by atoms with Gasteiger partial charge in [0.25, 0.3) is 5.91 Å². The van der Waals surface area contributed by atoms with Gasteiger partial charge in [0.1, 0.15) is 6.54 Å². The second-order valence-electron chi connectivity index (χ2n) is 7.85. The number of carbonyl (C=O) groups excluding carboxylic acids is 2. The van der Waals surface area contributed by atoms with Crippen molar-refractivity contribution >= 4 is 40.4 Å². The summed E-state index contributed by atoms with van der Waals surface area (Å²) >= 11 is 6.14. The van der Waals surface area contributed by atoms with E-state index in [0.717, 1.165) is 18.4 Å². The van der Waals surface area contributed by atoms with Crippen molar-refractivity contribution in [3.63, 3.8) is 0 Å². The molecule has 0 aliphatic carbocycles. The molecular formula is C23H24ClN7O2. The Hall–Kier alpha value is -3.72. The molecule has 0 radical (unpaired) electrons.